The van der Waals surface area contributed by atoms with E-state index in [4.69, 9.17) is 35.0 Å². The molecule has 0 radical (unpaired) electrons. The predicted molar refractivity (Wildman–Crippen MR) is 73.4 cm³/mol. The van der Waals surface area contributed by atoms with Crippen LogP contribution in [0.25, 0.3) is 4.85 Å². The molecular formula is C12H9Cl2F3N4. The summed E-state index contributed by atoms with van der Waals surface area (Å²) in [5, 5.41) is 8.22. The zero-order valence-corrected chi connectivity index (χ0v) is 12.1. The van der Waals surface area contributed by atoms with Gasteiger partial charge in [0.1, 0.15) is 5.92 Å². The Morgan fingerprint density at radius 3 is 2.24 bits per heavy atom. The van der Waals surface area contributed by atoms with Gasteiger partial charge in [0.2, 0.25) is 0 Å². The number of nitriles is 1. The fraction of sp³-hybridized carbons (Fsp3) is 0.333. The van der Waals surface area contributed by atoms with Crippen molar-refractivity contribution in [2.24, 2.45) is 5.92 Å². The number of hydrogen-bond acceptors (Lipinski definition) is 3. The SMILES string of the molecule is [C-]#[N+]C(NNc1c(Cl)cc(C(F)(F)F)cc1Cl)C(C)C#N. The van der Waals surface area contributed by atoms with Gasteiger partial charge in [-0.1, -0.05) is 23.2 Å². The van der Waals surface area contributed by atoms with Crippen LogP contribution in [-0.4, -0.2) is 6.17 Å². The number of hydrazine groups is 1. The fourth-order valence-corrected chi connectivity index (χ4v) is 1.92. The van der Waals surface area contributed by atoms with E-state index in [1.54, 1.807) is 0 Å². The van der Waals surface area contributed by atoms with Gasteiger partial charge >= 0.3 is 12.3 Å². The Balaban J connectivity index is 2.96. The lowest BCUT2D eigenvalue weighted by Gasteiger charge is -2.16. The Hall–Kier alpha value is -1.67. The lowest BCUT2D eigenvalue weighted by atomic mass is 10.1. The van der Waals surface area contributed by atoms with Crippen LogP contribution in [0.1, 0.15) is 12.5 Å². The highest BCUT2D eigenvalue weighted by Gasteiger charge is 2.32. The number of benzene rings is 1. The Labute approximate surface area is 129 Å². The molecule has 0 aromatic heterocycles. The highest BCUT2D eigenvalue weighted by atomic mass is 35.5. The molecule has 2 atom stereocenters. The lowest BCUT2D eigenvalue weighted by Crippen LogP contribution is -2.36. The molecule has 21 heavy (non-hydrogen) atoms. The molecule has 0 spiro atoms. The van der Waals surface area contributed by atoms with E-state index in [1.165, 1.54) is 6.92 Å². The first-order chi connectivity index (χ1) is 9.70. The van der Waals surface area contributed by atoms with E-state index in [9.17, 15) is 13.2 Å². The lowest BCUT2D eigenvalue weighted by molar-refractivity contribution is -0.137. The van der Waals surface area contributed by atoms with Gasteiger partial charge in [-0.15, -0.1) is 0 Å². The first-order valence-corrected chi connectivity index (χ1v) is 6.30. The average molecular weight is 337 g/mol. The van der Waals surface area contributed by atoms with Crippen molar-refractivity contribution in [2.75, 3.05) is 5.43 Å². The van der Waals surface area contributed by atoms with Crippen molar-refractivity contribution >= 4 is 28.9 Å². The minimum Gasteiger partial charge on any atom is -0.312 e. The molecule has 0 aliphatic heterocycles. The standard InChI is InChI=1S/C12H9Cl2F3N4/c1-6(5-18)11(19-2)21-20-10-8(13)3-7(4-9(10)14)12(15,16)17/h3-4,6,11,20-21H,1H3. The number of anilines is 1. The summed E-state index contributed by atoms with van der Waals surface area (Å²) in [6.45, 7) is 8.46. The first kappa shape index (κ1) is 17.4. The summed E-state index contributed by atoms with van der Waals surface area (Å²) in [7, 11) is 0. The molecule has 0 fully saturated rings. The van der Waals surface area contributed by atoms with Gasteiger partial charge in [0.15, 0.2) is 0 Å². The average Bonchev–Trinajstić information content (AvgIpc) is 2.40. The van der Waals surface area contributed by atoms with E-state index in [2.05, 4.69) is 15.7 Å². The van der Waals surface area contributed by atoms with E-state index >= 15 is 0 Å². The number of hydrogen-bond donors (Lipinski definition) is 2. The smallest absolute Gasteiger partial charge is 0.312 e. The van der Waals surface area contributed by atoms with E-state index in [-0.39, 0.29) is 15.7 Å². The second kappa shape index (κ2) is 6.86. The van der Waals surface area contributed by atoms with Gasteiger partial charge in [-0.25, -0.2) is 6.57 Å². The van der Waals surface area contributed by atoms with Crippen LogP contribution in [0.2, 0.25) is 10.0 Å². The zero-order valence-electron chi connectivity index (χ0n) is 10.6. The molecule has 0 aliphatic carbocycles. The van der Waals surface area contributed by atoms with Crippen LogP contribution >= 0.6 is 23.2 Å². The van der Waals surface area contributed by atoms with Gasteiger partial charge in [0.05, 0.1) is 27.4 Å². The summed E-state index contributed by atoms with van der Waals surface area (Å²) in [4.78, 5) is 3.18. The van der Waals surface area contributed by atoms with Crippen molar-refractivity contribution in [3.63, 3.8) is 0 Å². The maximum Gasteiger partial charge on any atom is 0.416 e. The minimum atomic E-state index is -4.56. The van der Waals surface area contributed by atoms with Crippen molar-refractivity contribution in [3.8, 4) is 6.07 Å². The van der Waals surface area contributed by atoms with Gasteiger partial charge < -0.3 is 5.43 Å². The topological polar surface area (TPSA) is 52.2 Å². The molecule has 1 aromatic rings. The summed E-state index contributed by atoms with van der Waals surface area (Å²) < 4.78 is 37.7. The summed E-state index contributed by atoms with van der Waals surface area (Å²) in [5.41, 5.74) is 4.01. The maximum absolute atomic E-state index is 12.6. The Bertz CT molecular complexity index is 581. The Morgan fingerprint density at radius 1 is 1.33 bits per heavy atom. The van der Waals surface area contributed by atoms with Crippen LogP contribution < -0.4 is 10.9 Å². The Morgan fingerprint density at radius 2 is 1.86 bits per heavy atom. The molecule has 2 N–H and O–H groups in total. The molecule has 9 heteroatoms. The largest absolute Gasteiger partial charge is 0.416 e. The second-order valence-electron chi connectivity index (χ2n) is 4.07. The Kier molecular flexibility index (Phi) is 5.68. The molecule has 0 bridgehead atoms. The highest BCUT2D eigenvalue weighted by molar-refractivity contribution is 6.39. The molecule has 112 valence electrons. The summed E-state index contributed by atoms with van der Waals surface area (Å²) in [5.74, 6) is -0.637. The maximum atomic E-state index is 12.6. The van der Waals surface area contributed by atoms with Crippen LogP contribution in [0, 0.1) is 23.8 Å². The predicted octanol–water partition coefficient (Wildman–Crippen LogP) is 4.33. The zero-order chi connectivity index (χ0) is 16.2. The van der Waals surface area contributed by atoms with Gasteiger partial charge in [-0.3, -0.25) is 4.85 Å². The molecule has 0 saturated heterocycles. The normalized spacial score (nSPS) is 13.9. The van der Waals surface area contributed by atoms with Gasteiger partial charge in [0, 0.05) is 0 Å². The quantitative estimate of drug-likeness (QED) is 0.635. The van der Waals surface area contributed by atoms with Crippen LogP contribution in [-0.2, 0) is 6.18 Å². The first-order valence-electron chi connectivity index (χ1n) is 5.54. The van der Waals surface area contributed by atoms with Crippen molar-refractivity contribution < 1.29 is 13.2 Å². The van der Waals surface area contributed by atoms with E-state index in [0.717, 1.165) is 12.1 Å². The van der Waals surface area contributed by atoms with E-state index in [1.807, 2.05) is 6.07 Å². The van der Waals surface area contributed by atoms with Gasteiger partial charge in [0.25, 0.3) is 0 Å². The molecule has 1 rings (SSSR count). The fourth-order valence-electron chi connectivity index (χ4n) is 1.34. The van der Waals surface area contributed by atoms with Crippen LogP contribution in [0.5, 0.6) is 0 Å². The van der Waals surface area contributed by atoms with Crippen LogP contribution in [0.3, 0.4) is 0 Å². The summed E-state index contributed by atoms with van der Waals surface area (Å²) in [6.07, 6.45) is -5.46. The summed E-state index contributed by atoms with van der Waals surface area (Å²) in [6, 6.07) is 3.32. The molecule has 1 aromatic carbocycles. The third-order valence-corrected chi connectivity index (χ3v) is 3.13. The highest BCUT2D eigenvalue weighted by Crippen LogP contribution is 2.38. The third-order valence-electron chi connectivity index (χ3n) is 2.53. The second-order valence-corrected chi connectivity index (χ2v) is 4.89. The molecule has 4 nitrogen and oxygen atoms in total. The van der Waals surface area contributed by atoms with Gasteiger partial charge in [-0.05, 0) is 19.1 Å². The van der Waals surface area contributed by atoms with Crippen LogP contribution in [0.4, 0.5) is 18.9 Å². The number of rotatable bonds is 4. The molecule has 0 saturated carbocycles. The molecule has 0 heterocycles. The van der Waals surface area contributed by atoms with Crippen molar-refractivity contribution in [3.05, 3.63) is 39.2 Å². The molecule has 0 aliphatic rings. The van der Waals surface area contributed by atoms with Gasteiger partial charge in [-0.2, -0.15) is 23.9 Å². The number of halogens is 5. The number of nitrogens with one attached hydrogen (secondary N) is 2. The number of alkyl halides is 3. The van der Waals surface area contributed by atoms with Crippen molar-refractivity contribution in [2.45, 2.75) is 19.3 Å². The number of nitrogens with zero attached hydrogens (tertiary/aromatic N) is 2. The molecule has 2 unspecified atom stereocenters. The minimum absolute atomic E-state index is 0.00474. The monoisotopic (exact) mass is 336 g/mol. The summed E-state index contributed by atoms with van der Waals surface area (Å²) >= 11 is 11.5. The van der Waals surface area contributed by atoms with Crippen molar-refractivity contribution in [1.82, 2.24) is 5.43 Å². The van der Waals surface area contributed by atoms with Crippen LogP contribution in [0.15, 0.2) is 12.1 Å². The molecular weight excluding hydrogens is 328 g/mol. The van der Waals surface area contributed by atoms with Crippen molar-refractivity contribution in [1.29, 1.82) is 5.26 Å². The third kappa shape index (κ3) is 4.40. The molecule has 0 amide bonds. The van der Waals surface area contributed by atoms with E-state index < -0.39 is 23.8 Å². The van der Waals surface area contributed by atoms with E-state index in [0.29, 0.717) is 0 Å².